The smallest absolute Gasteiger partial charge is 0.0379 e. The average Bonchev–Trinajstić information content (AvgIpc) is 2.86. The molecule has 0 amide bonds. The second-order valence-corrected chi connectivity index (χ2v) is 4.99. The zero-order chi connectivity index (χ0) is 12.5. The van der Waals surface area contributed by atoms with E-state index in [1.54, 1.807) is 0 Å². The molecule has 0 saturated heterocycles. The van der Waals surface area contributed by atoms with Gasteiger partial charge in [0.15, 0.2) is 0 Å². The predicted molar refractivity (Wildman–Crippen MR) is 78.4 cm³/mol. The molecule has 0 bridgehead atoms. The molecule has 0 fully saturated rings. The molecule has 2 nitrogen and oxygen atoms in total. The van der Waals surface area contributed by atoms with Crippen molar-refractivity contribution in [1.82, 2.24) is 0 Å². The fourth-order valence-corrected chi connectivity index (χ4v) is 2.42. The minimum absolute atomic E-state index is 1.07. The molecule has 2 aromatic carbocycles. The molecule has 0 atom stereocenters. The lowest BCUT2D eigenvalue weighted by molar-refractivity contribution is 1.11. The van der Waals surface area contributed by atoms with Gasteiger partial charge in [0, 0.05) is 32.0 Å². The Morgan fingerprint density at radius 1 is 0.944 bits per heavy atom. The van der Waals surface area contributed by atoms with E-state index in [0.717, 1.165) is 13.0 Å². The van der Waals surface area contributed by atoms with Gasteiger partial charge in [0.1, 0.15) is 0 Å². The molecule has 1 aliphatic rings. The van der Waals surface area contributed by atoms with Crippen LogP contribution in [0, 0.1) is 0 Å². The zero-order valence-electron chi connectivity index (χ0n) is 10.9. The van der Waals surface area contributed by atoms with Gasteiger partial charge in [0.05, 0.1) is 0 Å². The Balaban J connectivity index is 1.95. The molecule has 0 unspecified atom stereocenters. The third kappa shape index (κ3) is 1.94. The monoisotopic (exact) mass is 238 g/mol. The summed E-state index contributed by atoms with van der Waals surface area (Å²) in [6.45, 7) is 1.07. The molecular weight excluding hydrogens is 220 g/mol. The highest BCUT2D eigenvalue weighted by atomic mass is 15.1. The summed E-state index contributed by atoms with van der Waals surface area (Å²) in [6.07, 6.45) is 1.15. The highest BCUT2D eigenvalue weighted by molar-refractivity contribution is 5.72. The van der Waals surface area contributed by atoms with Crippen molar-refractivity contribution in [3.05, 3.63) is 48.0 Å². The number of anilines is 2. The van der Waals surface area contributed by atoms with E-state index < -0.39 is 0 Å². The average molecular weight is 238 g/mol. The molecule has 0 saturated carbocycles. The lowest BCUT2D eigenvalue weighted by Crippen LogP contribution is -2.07. The third-order valence-corrected chi connectivity index (χ3v) is 3.54. The van der Waals surface area contributed by atoms with Crippen molar-refractivity contribution in [3.8, 4) is 11.1 Å². The molecule has 92 valence electrons. The van der Waals surface area contributed by atoms with Crippen LogP contribution in [-0.4, -0.2) is 20.6 Å². The van der Waals surface area contributed by atoms with Crippen molar-refractivity contribution in [1.29, 1.82) is 0 Å². The standard InChI is InChI=1S/C16H18N2/c1-18(2)15-7-5-12(6-8-15)14-4-3-13-9-10-17-16(13)11-14/h3-8,11,17H,9-10H2,1-2H3. The van der Waals surface area contributed by atoms with Crippen LogP contribution in [0.2, 0.25) is 0 Å². The van der Waals surface area contributed by atoms with Crippen LogP contribution in [0.1, 0.15) is 5.56 Å². The Hall–Kier alpha value is -1.96. The Morgan fingerprint density at radius 3 is 2.39 bits per heavy atom. The summed E-state index contributed by atoms with van der Waals surface area (Å²) in [5.74, 6) is 0. The van der Waals surface area contributed by atoms with Gasteiger partial charge in [-0.25, -0.2) is 0 Å². The van der Waals surface area contributed by atoms with Crippen LogP contribution in [-0.2, 0) is 6.42 Å². The zero-order valence-corrected chi connectivity index (χ0v) is 10.9. The van der Waals surface area contributed by atoms with E-state index in [9.17, 15) is 0 Å². The van der Waals surface area contributed by atoms with Crippen LogP contribution in [0.5, 0.6) is 0 Å². The maximum Gasteiger partial charge on any atom is 0.0379 e. The molecule has 3 rings (SSSR count). The minimum atomic E-state index is 1.07. The van der Waals surface area contributed by atoms with E-state index in [1.165, 1.54) is 28.1 Å². The minimum Gasteiger partial charge on any atom is -0.384 e. The van der Waals surface area contributed by atoms with Crippen LogP contribution < -0.4 is 10.2 Å². The van der Waals surface area contributed by atoms with Crippen molar-refractivity contribution in [3.63, 3.8) is 0 Å². The number of fused-ring (bicyclic) bond motifs is 1. The first-order valence-electron chi connectivity index (χ1n) is 6.38. The summed E-state index contributed by atoms with van der Waals surface area (Å²) in [5.41, 5.74) is 6.52. The predicted octanol–water partition coefficient (Wildman–Crippen LogP) is 3.39. The molecule has 0 radical (unpaired) electrons. The van der Waals surface area contributed by atoms with Gasteiger partial charge in [-0.2, -0.15) is 0 Å². The third-order valence-electron chi connectivity index (χ3n) is 3.54. The number of nitrogens with one attached hydrogen (secondary N) is 1. The van der Waals surface area contributed by atoms with E-state index in [1.807, 2.05) is 0 Å². The Bertz CT molecular complexity index is 556. The van der Waals surface area contributed by atoms with Crippen molar-refractivity contribution in [2.24, 2.45) is 0 Å². The van der Waals surface area contributed by atoms with Gasteiger partial charge in [-0.1, -0.05) is 24.3 Å². The van der Waals surface area contributed by atoms with Gasteiger partial charge in [0.2, 0.25) is 0 Å². The fourth-order valence-electron chi connectivity index (χ4n) is 2.42. The van der Waals surface area contributed by atoms with Crippen molar-refractivity contribution in [2.75, 3.05) is 30.9 Å². The number of nitrogens with zero attached hydrogens (tertiary/aromatic N) is 1. The van der Waals surface area contributed by atoms with Crippen molar-refractivity contribution < 1.29 is 0 Å². The molecule has 2 aromatic rings. The van der Waals surface area contributed by atoms with Gasteiger partial charge in [-0.05, 0) is 41.3 Å². The highest BCUT2D eigenvalue weighted by Crippen LogP contribution is 2.29. The Kier molecular flexibility index (Phi) is 2.71. The molecule has 1 N–H and O–H groups in total. The van der Waals surface area contributed by atoms with Gasteiger partial charge in [0.25, 0.3) is 0 Å². The molecule has 2 heteroatoms. The molecule has 1 aliphatic heterocycles. The SMILES string of the molecule is CN(C)c1ccc(-c2ccc3c(c2)NCC3)cc1. The molecule has 0 aliphatic carbocycles. The van der Waals surface area contributed by atoms with E-state index in [4.69, 9.17) is 0 Å². The largest absolute Gasteiger partial charge is 0.384 e. The topological polar surface area (TPSA) is 15.3 Å². The maximum absolute atomic E-state index is 3.43. The Labute approximate surface area is 108 Å². The summed E-state index contributed by atoms with van der Waals surface area (Å²) < 4.78 is 0. The van der Waals surface area contributed by atoms with Crippen molar-refractivity contribution in [2.45, 2.75) is 6.42 Å². The van der Waals surface area contributed by atoms with Gasteiger partial charge in [-0.15, -0.1) is 0 Å². The van der Waals surface area contributed by atoms with Crippen molar-refractivity contribution >= 4 is 11.4 Å². The van der Waals surface area contributed by atoms with Crippen LogP contribution >= 0.6 is 0 Å². The number of hydrogen-bond donors (Lipinski definition) is 1. The second-order valence-electron chi connectivity index (χ2n) is 4.99. The summed E-state index contributed by atoms with van der Waals surface area (Å²) >= 11 is 0. The summed E-state index contributed by atoms with van der Waals surface area (Å²) in [7, 11) is 4.13. The van der Waals surface area contributed by atoms with Crippen LogP contribution in [0.3, 0.4) is 0 Å². The molecular formula is C16H18N2. The van der Waals surface area contributed by atoms with Gasteiger partial charge in [-0.3, -0.25) is 0 Å². The molecule has 0 spiro atoms. The van der Waals surface area contributed by atoms with E-state index in [2.05, 4.69) is 66.8 Å². The first kappa shape index (κ1) is 11.1. The first-order valence-corrected chi connectivity index (χ1v) is 6.38. The molecule has 0 aromatic heterocycles. The van der Waals surface area contributed by atoms with Gasteiger partial charge < -0.3 is 10.2 Å². The second kappa shape index (κ2) is 4.37. The van der Waals surface area contributed by atoms with Crippen LogP contribution in [0.25, 0.3) is 11.1 Å². The van der Waals surface area contributed by atoms with Crippen LogP contribution in [0.15, 0.2) is 42.5 Å². The lowest BCUT2D eigenvalue weighted by atomic mass is 10.0. The Morgan fingerprint density at radius 2 is 1.67 bits per heavy atom. The summed E-state index contributed by atoms with van der Waals surface area (Å²) in [5, 5.41) is 3.43. The normalized spacial score (nSPS) is 13.0. The van der Waals surface area contributed by atoms with Crippen LogP contribution in [0.4, 0.5) is 11.4 Å². The maximum atomic E-state index is 3.43. The highest BCUT2D eigenvalue weighted by Gasteiger charge is 2.10. The molecule has 18 heavy (non-hydrogen) atoms. The number of hydrogen-bond acceptors (Lipinski definition) is 2. The fraction of sp³-hybridized carbons (Fsp3) is 0.250. The lowest BCUT2D eigenvalue weighted by Gasteiger charge is -2.13. The van der Waals surface area contributed by atoms with E-state index >= 15 is 0 Å². The first-order chi connectivity index (χ1) is 8.74. The van der Waals surface area contributed by atoms with E-state index in [0.29, 0.717) is 0 Å². The number of benzene rings is 2. The summed E-state index contributed by atoms with van der Waals surface area (Å²) in [6, 6.07) is 15.4. The number of rotatable bonds is 2. The van der Waals surface area contributed by atoms with E-state index in [-0.39, 0.29) is 0 Å². The molecule has 1 heterocycles. The van der Waals surface area contributed by atoms with Gasteiger partial charge >= 0.3 is 0 Å². The summed E-state index contributed by atoms with van der Waals surface area (Å²) in [4.78, 5) is 2.12. The quantitative estimate of drug-likeness (QED) is 0.862.